The van der Waals surface area contributed by atoms with E-state index in [4.69, 9.17) is 5.73 Å². The molecule has 0 aromatic carbocycles. The quantitative estimate of drug-likeness (QED) is 0.127. The summed E-state index contributed by atoms with van der Waals surface area (Å²) in [6.45, 7) is 19.4. The monoisotopic (exact) mass is 573 g/mol. The zero-order chi connectivity index (χ0) is 29.3. The lowest BCUT2D eigenvalue weighted by atomic mass is 9.44. The van der Waals surface area contributed by atoms with Gasteiger partial charge in [-0.3, -0.25) is 0 Å². The number of fused-ring (bicyclic) bond motifs is 5. The Morgan fingerprint density at radius 2 is 1.37 bits per heavy atom. The van der Waals surface area contributed by atoms with Crippen LogP contribution in [0.2, 0.25) is 0 Å². The SMILES string of the molecule is CC(C)CCC[C@@H](C)[C@H]1CCC2C3CC[C@H]4C[C@@H](NCCCNCCCCNCCCN)CC[C@]4(C)C3CC[C@@]21C. The van der Waals surface area contributed by atoms with E-state index < -0.39 is 0 Å². The van der Waals surface area contributed by atoms with E-state index in [0.29, 0.717) is 10.8 Å². The van der Waals surface area contributed by atoms with E-state index in [2.05, 4.69) is 50.6 Å². The molecule has 0 bridgehead atoms. The third kappa shape index (κ3) is 8.52. The smallest absolute Gasteiger partial charge is 0.00701 e. The minimum Gasteiger partial charge on any atom is -0.330 e. The van der Waals surface area contributed by atoms with Crippen molar-refractivity contribution in [2.45, 2.75) is 143 Å². The molecule has 0 aliphatic heterocycles. The van der Waals surface area contributed by atoms with E-state index in [1.165, 1.54) is 90.0 Å². The van der Waals surface area contributed by atoms with Gasteiger partial charge in [-0.05, 0) is 175 Å². The van der Waals surface area contributed by atoms with Crippen LogP contribution in [0.5, 0.6) is 0 Å². The molecule has 9 atom stereocenters. The van der Waals surface area contributed by atoms with Gasteiger partial charge in [0.15, 0.2) is 0 Å². The van der Waals surface area contributed by atoms with Crippen LogP contribution in [0.15, 0.2) is 0 Å². The van der Waals surface area contributed by atoms with Gasteiger partial charge in [0.1, 0.15) is 0 Å². The summed E-state index contributed by atoms with van der Waals surface area (Å²) in [5, 5.41) is 11.1. The zero-order valence-corrected chi connectivity index (χ0v) is 28.3. The largest absolute Gasteiger partial charge is 0.330 e. The average molecular weight is 573 g/mol. The Morgan fingerprint density at radius 1 is 0.683 bits per heavy atom. The van der Waals surface area contributed by atoms with Gasteiger partial charge in [-0.25, -0.2) is 0 Å². The molecule has 4 aliphatic carbocycles. The van der Waals surface area contributed by atoms with Crippen molar-refractivity contribution in [1.82, 2.24) is 16.0 Å². The van der Waals surface area contributed by atoms with Crippen LogP contribution < -0.4 is 21.7 Å². The minimum atomic E-state index is 0.615. The van der Waals surface area contributed by atoms with Crippen molar-refractivity contribution in [3.05, 3.63) is 0 Å². The fourth-order valence-corrected chi connectivity index (χ4v) is 11.0. The molecule has 5 N–H and O–H groups in total. The summed E-state index contributed by atoms with van der Waals surface area (Å²) >= 11 is 0. The van der Waals surface area contributed by atoms with Crippen LogP contribution in [0.4, 0.5) is 0 Å². The van der Waals surface area contributed by atoms with E-state index in [9.17, 15) is 0 Å². The molecule has 4 nitrogen and oxygen atoms in total. The highest BCUT2D eigenvalue weighted by Gasteiger charge is 2.60. The first-order valence-electron chi connectivity index (χ1n) is 18.6. The zero-order valence-electron chi connectivity index (χ0n) is 28.3. The van der Waals surface area contributed by atoms with Gasteiger partial charge < -0.3 is 21.7 Å². The number of unbranched alkanes of at least 4 members (excludes halogenated alkanes) is 1. The third-order valence-electron chi connectivity index (χ3n) is 13.3. The number of hydrogen-bond donors (Lipinski definition) is 4. The van der Waals surface area contributed by atoms with Crippen LogP contribution in [0.3, 0.4) is 0 Å². The van der Waals surface area contributed by atoms with E-state index in [1.807, 2.05) is 0 Å². The molecule has 0 saturated heterocycles. The Hall–Kier alpha value is -0.160. The van der Waals surface area contributed by atoms with Crippen molar-refractivity contribution in [3.63, 3.8) is 0 Å². The molecule has 4 saturated carbocycles. The number of rotatable bonds is 18. The molecule has 3 unspecified atom stereocenters. The van der Waals surface area contributed by atoms with Crippen LogP contribution in [-0.2, 0) is 0 Å². The second kappa shape index (κ2) is 16.2. The number of nitrogens with one attached hydrogen (secondary N) is 3. The summed E-state index contributed by atoms with van der Waals surface area (Å²) in [5.74, 6) is 6.80. The van der Waals surface area contributed by atoms with Crippen molar-refractivity contribution < 1.29 is 0 Å². The third-order valence-corrected chi connectivity index (χ3v) is 13.3. The fourth-order valence-electron chi connectivity index (χ4n) is 11.0. The predicted octanol–water partition coefficient (Wildman–Crippen LogP) is 7.76. The van der Waals surface area contributed by atoms with Crippen molar-refractivity contribution in [2.24, 2.45) is 58.0 Å². The lowest BCUT2D eigenvalue weighted by Crippen LogP contribution is -2.55. The highest BCUT2D eigenvalue weighted by Crippen LogP contribution is 2.68. The number of hydrogen-bond acceptors (Lipinski definition) is 4. The van der Waals surface area contributed by atoms with Gasteiger partial charge in [-0.15, -0.1) is 0 Å². The molecule has 0 heterocycles. The summed E-state index contributed by atoms with van der Waals surface area (Å²) < 4.78 is 0. The summed E-state index contributed by atoms with van der Waals surface area (Å²) in [5.41, 5.74) is 6.80. The second-order valence-electron chi connectivity index (χ2n) is 16.3. The second-order valence-corrected chi connectivity index (χ2v) is 16.3. The van der Waals surface area contributed by atoms with Crippen LogP contribution in [-0.4, -0.2) is 45.3 Å². The van der Waals surface area contributed by atoms with Gasteiger partial charge in [0.2, 0.25) is 0 Å². The molecule has 0 radical (unpaired) electrons. The van der Waals surface area contributed by atoms with Crippen LogP contribution in [0.25, 0.3) is 0 Å². The van der Waals surface area contributed by atoms with E-state index in [1.54, 1.807) is 12.8 Å². The summed E-state index contributed by atoms with van der Waals surface area (Å²) in [6, 6.07) is 0.764. The summed E-state index contributed by atoms with van der Waals surface area (Å²) in [4.78, 5) is 0. The normalized spacial score (nSPS) is 37.5. The Kier molecular flexibility index (Phi) is 13.4. The predicted molar refractivity (Wildman–Crippen MR) is 178 cm³/mol. The first-order valence-corrected chi connectivity index (χ1v) is 18.6. The molecule has 4 fully saturated rings. The van der Waals surface area contributed by atoms with Crippen molar-refractivity contribution in [3.8, 4) is 0 Å². The lowest BCUT2D eigenvalue weighted by Gasteiger charge is -2.61. The van der Waals surface area contributed by atoms with Crippen LogP contribution in [0.1, 0.15) is 137 Å². The van der Waals surface area contributed by atoms with Crippen LogP contribution in [0, 0.1) is 52.3 Å². The summed E-state index contributed by atoms with van der Waals surface area (Å²) in [6.07, 6.45) is 22.7. The molecule has 0 aromatic heterocycles. The maximum atomic E-state index is 5.55. The molecule has 4 heteroatoms. The molecule has 240 valence electrons. The van der Waals surface area contributed by atoms with Gasteiger partial charge in [-0.1, -0.05) is 53.9 Å². The van der Waals surface area contributed by atoms with Crippen molar-refractivity contribution in [1.29, 1.82) is 0 Å². The summed E-state index contributed by atoms with van der Waals surface area (Å²) in [7, 11) is 0. The maximum Gasteiger partial charge on any atom is 0.00701 e. The number of nitrogens with two attached hydrogens (primary N) is 1. The Morgan fingerprint density at radius 3 is 2.10 bits per heavy atom. The van der Waals surface area contributed by atoms with E-state index in [0.717, 1.165) is 86.6 Å². The van der Waals surface area contributed by atoms with Gasteiger partial charge in [0.25, 0.3) is 0 Å². The van der Waals surface area contributed by atoms with Gasteiger partial charge in [0, 0.05) is 6.04 Å². The minimum absolute atomic E-state index is 0.615. The Bertz CT molecular complexity index is 740. The fraction of sp³-hybridized carbons (Fsp3) is 1.00. The Labute approximate surface area is 256 Å². The van der Waals surface area contributed by atoms with Crippen LogP contribution >= 0.6 is 0 Å². The molecule has 0 aromatic rings. The Balaban J connectivity index is 1.16. The van der Waals surface area contributed by atoms with Gasteiger partial charge >= 0.3 is 0 Å². The van der Waals surface area contributed by atoms with Gasteiger partial charge in [0.05, 0.1) is 0 Å². The van der Waals surface area contributed by atoms with Crippen molar-refractivity contribution >= 4 is 0 Å². The van der Waals surface area contributed by atoms with E-state index in [-0.39, 0.29) is 0 Å². The first kappa shape index (κ1) is 33.7. The molecule has 0 spiro atoms. The van der Waals surface area contributed by atoms with E-state index >= 15 is 0 Å². The first-order chi connectivity index (χ1) is 19.8. The molecular formula is C37H72N4. The molecule has 41 heavy (non-hydrogen) atoms. The molecule has 0 amide bonds. The molecule has 4 rings (SSSR count). The highest BCUT2D eigenvalue weighted by atomic mass is 14.9. The van der Waals surface area contributed by atoms with Crippen molar-refractivity contribution in [2.75, 3.05) is 39.3 Å². The highest BCUT2D eigenvalue weighted by molar-refractivity contribution is 5.10. The lowest BCUT2D eigenvalue weighted by molar-refractivity contribution is -0.118. The standard InChI is InChI=1S/C37H72N4/c1-28(2)11-8-12-29(3)33-15-16-34-32-14-13-30-27-31(17-19-36(30,4)35(32)18-20-37(33,34)5)41-26-10-25-40-23-7-6-22-39-24-9-21-38/h28-35,39-41H,6-27,38H2,1-5H3/t29-,30+,31+,32?,33-,34?,35?,36+,37-/m1/s1. The van der Waals surface area contributed by atoms with Gasteiger partial charge in [-0.2, -0.15) is 0 Å². The molecule has 4 aliphatic rings. The topological polar surface area (TPSA) is 62.1 Å². The maximum absolute atomic E-state index is 5.55. The average Bonchev–Trinajstić information content (AvgIpc) is 3.30. The molecular weight excluding hydrogens is 500 g/mol.